The highest BCUT2D eigenvalue weighted by Gasteiger charge is 2.08. The monoisotopic (exact) mass is 248 g/mol. The number of hydrogen-bond donors (Lipinski definition) is 0. The second-order valence-corrected chi connectivity index (χ2v) is 4.51. The van der Waals surface area contributed by atoms with Crippen LogP contribution in [0.1, 0.15) is 38.7 Å². The van der Waals surface area contributed by atoms with Gasteiger partial charge in [0.25, 0.3) is 0 Å². The number of hydrogen-bond acceptors (Lipinski definition) is 3. The summed E-state index contributed by atoms with van der Waals surface area (Å²) in [6.07, 6.45) is 2.43. The van der Waals surface area contributed by atoms with Crippen LogP contribution in [0.3, 0.4) is 0 Å². The molecule has 0 radical (unpaired) electrons. The molecule has 0 aliphatic carbocycles. The first kappa shape index (κ1) is 14.4. The second kappa shape index (κ2) is 7.64. The molecule has 3 heteroatoms. The molecule has 0 saturated carbocycles. The van der Waals surface area contributed by atoms with Gasteiger partial charge in [-0.25, -0.2) is 0 Å². The summed E-state index contributed by atoms with van der Waals surface area (Å²) in [6.45, 7) is 3.25. The van der Waals surface area contributed by atoms with Crippen LogP contribution in [0.2, 0.25) is 0 Å². The lowest BCUT2D eigenvalue weighted by Crippen LogP contribution is -2.13. The third-order valence-electron chi connectivity index (χ3n) is 2.68. The SMILES string of the molecule is CC(=O)OC(C)CCCC(=O)Cc1ccccc1. The predicted molar refractivity (Wildman–Crippen MR) is 70.2 cm³/mol. The summed E-state index contributed by atoms with van der Waals surface area (Å²) in [7, 11) is 0. The molecule has 0 heterocycles. The fourth-order valence-electron chi connectivity index (χ4n) is 1.84. The van der Waals surface area contributed by atoms with Gasteiger partial charge in [-0.3, -0.25) is 9.59 Å². The van der Waals surface area contributed by atoms with E-state index in [4.69, 9.17) is 4.74 Å². The number of carbonyl (C=O) groups excluding carboxylic acids is 2. The van der Waals surface area contributed by atoms with Gasteiger partial charge >= 0.3 is 5.97 Å². The predicted octanol–water partition coefficient (Wildman–Crippen LogP) is 2.92. The fourth-order valence-corrected chi connectivity index (χ4v) is 1.84. The molecule has 18 heavy (non-hydrogen) atoms. The van der Waals surface area contributed by atoms with Crippen LogP contribution in [-0.4, -0.2) is 17.9 Å². The highest BCUT2D eigenvalue weighted by Crippen LogP contribution is 2.08. The van der Waals surface area contributed by atoms with E-state index in [1.807, 2.05) is 37.3 Å². The molecule has 1 rings (SSSR count). The van der Waals surface area contributed by atoms with Crippen LogP contribution in [0.4, 0.5) is 0 Å². The summed E-state index contributed by atoms with van der Waals surface area (Å²) in [5, 5.41) is 0. The molecule has 1 aromatic rings. The van der Waals surface area contributed by atoms with Crippen molar-refractivity contribution in [3.05, 3.63) is 35.9 Å². The van der Waals surface area contributed by atoms with Crippen molar-refractivity contribution in [1.29, 1.82) is 0 Å². The summed E-state index contributed by atoms with van der Waals surface area (Å²) in [5.41, 5.74) is 1.05. The second-order valence-electron chi connectivity index (χ2n) is 4.51. The lowest BCUT2D eigenvalue weighted by Gasteiger charge is -2.10. The molecule has 0 aliphatic heterocycles. The van der Waals surface area contributed by atoms with E-state index in [1.165, 1.54) is 6.92 Å². The van der Waals surface area contributed by atoms with Crippen molar-refractivity contribution in [2.45, 2.75) is 45.6 Å². The summed E-state index contributed by atoms with van der Waals surface area (Å²) < 4.78 is 5.00. The molecule has 98 valence electrons. The van der Waals surface area contributed by atoms with Crippen molar-refractivity contribution in [3.63, 3.8) is 0 Å². The van der Waals surface area contributed by atoms with Gasteiger partial charge in [-0.1, -0.05) is 30.3 Å². The molecule has 0 N–H and O–H groups in total. The van der Waals surface area contributed by atoms with Crippen molar-refractivity contribution in [3.8, 4) is 0 Å². The average Bonchev–Trinajstić information content (AvgIpc) is 2.29. The van der Waals surface area contributed by atoms with Crippen LogP contribution in [0.15, 0.2) is 30.3 Å². The van der Waals surface area contributed by atoms with Crippen LogP contribution < -0.4 is 0 Å². The zero-order valence-electron chi connectivity index (χ0n) is 11.0. The lowest BCUT2D eigenvalue weighted by atomic mass is 10.0. The number of esters is 1. The van der Waals surface area contributed by atoms with Gasteiger partial charge < -0.3 is 4.74 Å². The lowest BCUT2D eigenvalue weighted by molar-refractivity contribution is -0.145. The quantitative estimate of drug-likeness (QED) is 0.697. The summed E-state index contributed by atoms with van der Waals surface area (Å²) in [4.78, 5) is 22.4. The van der Waals surface area contributed by atoms with Gasteiger partial charge in [0.05, 0.1) is 6.10 Å². The Kier molecular flexibility index (Phi) is 6.12. The van der Waals surface area contributed by atoms with Crippen molar-refractivity contribution in [2.24, 2.45) is 0 Å². The van der Waals surface area contributed by atoms with Crippen LogP contribution in [-0.2, 0) is 20.7 Å². The average molecular weight is 248 g/mol. The molecule has 0 spiro atoms. The van der Waals surface area contributed by atoms with Crippen LogP contribution in [0.25, 0.3) is 0 Å². The minimum atomic E-state index is -0.266. The first-order valence-corrected chi connectivity index (χ1v) is 6.31. The Morgan fingerprint density at radius 1 is 1.22 bits per heavy atom. The standard InChI is InChI=1S/C15H20O3/c1-12(18-13(2)16)7-6-10-15(17)11-14-8-4-3-5-9-14/h3-5,8-9,12H,6-7,10-11H2,1-2H3. The number of ketones is 1. The molecule has 0 aliphatic rings. The molecule has 0 bridgehead atoms. The van der Waals surface area contributed by atoms with Gasteiger partial charge in [-0.15, -0.1) is 0 Å². The van der Waals surface area contributed by atoms with Crippen molar-refractivity contribution >= 4 is 11.8 Å². The van der Waals surface area contributed by atoms with Gasteiger partial charge in [0.15, 0.2) is 0 Å². The highest BCUT2D eigenvalue weighted by atomic mass is 16.5. The maximum Gasteiger partial charge on any atom is 0.302 e. The minimum Gasteiger partial charge on any atom is -0.463 e. The van der Waals surface area contributed by atoms with E-state index in [-0.39, 0.29) is 17.9 Å². The number of benzene rings is 1. The Balaban J connectivity index is 2.20. The largest absolute Gasteiger partial charge is 0.463 e. The molecule has 1 atom stereocenters. The Bertz CT molecular complexity index is 384. The van der Waals surface area contributed by atoms with E-state index in [2.05, 4.69) is 0 Å². The van der Waals surface area contributed by atoms with Gasteiger partial charge in [-0.2, -0.15) is 0 Å². The van der Waals surface area contributed by atoms with E-state index in [1.54, 1.807) is 0 Å². The van der Waals surface area contributed by atoms with Crippen molar-refractivity contribution in [2.75, 3.05) is 0 Å². The Hall–Kier alpha value is -1.64. The van der Waals surface area contributed by atoms with E-state index in [9.17, 15) is 9.59 Å². The van der Waals surface area contributed by atoms with Crippen molar-refractivity contribution in [1.82, 2.24) is 0 Å². The normalized spacial score (nSPS) is 11.9. The first-order valence-electron chi connectivity index (χ1n) is 6.31. The maximum absolute atomic E-state index is 11.7. The summed E-state index contributed by atoms with van der Waals surface area (Å²) in [6, 6.07) is 9.73. The van der Waals surface area contributed by atoms with Gasteiger partial charge in [0.2, 0.25) is 0 Å². The van der Waals surface area contributed by atoms with E-state index < -0.39 is 0 Å². The topological polar surface area (TPSA) is 43.4 Å². The van der Waals surface area contributed by atoms with E-state index >= 15 is 0 Å². The molecule has 0 aromatic heterocycles. The Morgan fingerprint density at radius 3 is 2.50 bits per heavy atom. The van der Waals surface area contributed by atoms with Gasteiger partial charge in [-0.05, 0) is 25.3 Å². The summed E-state index contributed by atoms with van der Waals surface area (Å²) in [5.74, 6) is -0.0330. The maximum atomic E-state index is 11.7. The molecular weight excluding hydrogens is 228 g/mol. The molecule has 0 saturated heterocycles. The number of rotatable bonds is 7. The van der Waals surface area contributed by atoms with E-state index in [0.717, 1.165) is 18.4 Å². The van der Waals surface area contributed by atoms with Crippen LogP contribution >= 0.6 is 0 Å². The molecular formula is C15H20O3. The number of ether oxygens (including phenoxy) is 1. The minimum absolute atomic E-state index is 0.105. The molecule has 0 fully saturated rings. The Morgan fingerprint density at radius 2 is 1.89 bits per heavy atom. The van der Waals surface area contributed by atoms with Gasteiger partial charge in [0, 0.05) is 19.8 Å². The van der Waals surface area contributed by atoms with E-state index in [0.29, 0.717) is 12.8 Å². The smallest absolute Gasteiger partial charge is 0.302 e. The zero-order chi connectivity index (χ0) is 13.4. The molecule has 1 aromatic carbocycles. The summed E-state index contributed by atoms with van der Waals surface area (Å²) >= 11 is 0. The molecule has 1 unspecified atom stereocenters. The number of carbonyl (C=O) groups is 2. The zero-order valence-corrected chi connectivity index (χ0v) is 11.0. The fraction of sp³-hybridized carbons (Fsp3) is 0.467. The van der Waals surface area contributed by atoms with Crippen molar-refractivity contribution < 1.29 is 14.3 Å². The third-order valence-corrected chi connectivity index (χ3v) is 2.68. The number of Topliss-reactive ketones (excluding diaryl/α,β-unsaturated/α-hetero) is 1. The third kappa shape index (κ3) is 6.18. The van der Waals surface area contributed by atoms with Crippen LogP contribution in [0, 0.1) is 0 Å². The van der Waals surface area contributed by atoms with Crippen LogP contribution in [0.5, 0.6) is 0 Å². The van der Waals surface area contributed by atoms with Gasteiger partial charge in [0.1, 0.15) is 5.78 Å². The first-order chi connectivity index (χ1) is 8.58. The molecule has 0 amide bonds. The highest BCUT2D eigenvalue weighted by molar-refractivity contribution is 5.80. The Labute approximate surface area is 108 Å². The molecule has 3 nitrogen and oxygen atoms in total.